The molecule has 2 N–H and O–H groups in total. The van der Waals surface area contributed by atoms with E-state index in [0.29, 0.717) is 12.0 Å². The highest BCUT2D eigenvalue weighted by Crippen LogP contribution is 2.12. The van der Waals surface area contributed by atoms with Gasteiger partial charge in [-0.3, -0.25) is 0 Å². The first-order chi connectivity index (χ1) is 4.72. The lowest BCUT2D eigenvalue weighted by atomic mass is 9.94. The highest BCUT2D eigenvalue weighted by molar-refractivity contribution is 4.67. The number of nitrogens with two attached hydrogens (primary N) is 1. The molecule has 1 heteroatoms. The van der Waals surface area contributed by atoms with E-state index in [1.54, 1.807) is 0 Å². The van der Waals surface area contributed by atoms with Gasteiger partial charge in [-0.25, -0.2) is 0 Å². The first-order valence-corrected chi connectivity index (χ1v) is 4.47. The second-order valence-electron chi connectivity index (χ2n) is 3.22. The summed E-state index contributed by atoms with van der Waals surface area (Å²) < 4.78 is 0. The predicted molar refractivity (Wildman–Crippen MR) is 47.0 cm³/mol. The van der Waals surface area contributed by atoms with Gasteiger partial charge in [0.2, 0.25) is 0 Å². The Hall–Kier alpha value is -0.0400. The van der Waals surface area contributed by atoms with Crippen molar-refractivity contribution in [1.29, 1.82) is 0 Å². The number of rotatable bonds is 5. The molecule has 0 aromatic heterocycles. The Morgan fingerprint density at radius 3 is 2.00 bits per heavy atom. The maximum Gasteiger partial charge on any atom is 0.00644 e. The van der Waals surface area contributed by atoms with Gasteiger partial charge in [0.15, 0.2) is 0 Å². The lowest BCUT2D eigenvalue weighted by molar-refractivity contribution is 0.400. The third kappa shape index (κ3) is 3.89. The van der Waals surface area contributed by atoms with Crippen LogP contribution >= 0.6 is 0 Å². The van der Waals surface area contributed by atoms with Gasteiger partial charge in [0.05, 0.1) is 0 Å². The van der Waals surface area contributed by atoms with Gasteiger partial charge in [-0.2, -0.15) is 0 Å². The fraction of sp³-hybridized carbons (Fsp3) is 1.00. The van der Waals surface area contributed by atoms with Gasteiger partial charge in [0, 0.05) is 6.04 Å². The summed E-state index contributed by atoms with van der Waals surface area (Å²) in [4.78, 5) is 0. The molecule has 0 fully saturated rings. The highest BCUT2D eigenvalue weighted by atomic mass is 14.6. The summed E-state index contributed by atoms with van der Waals surface area (Å²) in [6.45, 7) is 6.66. The van der Waals surface area contributed by atoms with Crippen LogP contribution in [0, 0.1) is 5.92 Å². The summed E-state index contributed by atoms with van der Waals surface area (Å²) in [6.07, 6.45) is 4.94. The van der Waals surface area contributed by atoms with Crippen LogP contribution in [0.5, 0.6) is 0 Å². The van der Waals surface area contributed by atoms with Crippen LogP contribution in [0.3, 0.4) is 0 Å². The van der Waals surface area contributed by atoms with Crippen molar-refractivity contribution in [1.82, 2.24) is 0 Å². The SMILES string of the molecule is CCCC(C)C(N)CCC. The fourth-order valence-electron chi connectivity index (χ4n) is 1.29. The minimum absolute atomic E-state index is 0.435. The molecule has 0 aliphatic heterocycles. The monoisotopic (exact) mass is 143 g/mol. The van der Waals surface area contributed by atoms with E-state index < -0.39 is 0 Å². The van der Waals surface area contributed by atoms with Gasteiger partial charge in [-0.1, -0.05) is 33.6 Å². The van der Waals surface area contributed by atoms with E-state index in [2.05, 4.69) is 20.8 Å². The first kappa shape index (κ1) is 9.96. The second-order valence-corrected chi connectivity index (χ2v) is 3.22. The third-order valence-corrected chi connectivity index (χ3v) is 2.10. The molecule has 1 nitrogen and oxygen atoms in total. The summed E-state index contributed by atoms with van der Waals surface area (Å²) in [5.41, 5.74) is 5.91. The van der Waals surface area contributed by atoms with Gasteiger partial charge < -0.3 is 5.73 Å². The second kappa shape index (κ2) is 5.72. The Morgan fingerprint density at radius 2 is 1.60 bits per heavy atom. The quantitative estimate of drug-likeness (QED) is 0.629. The molecule has 0 aliphatic rings. The average Bonchev–Trinajstić information content (AvgIpc) is 1.89. The molecule has 2 atom stereocenters. The Balaban J connectivity index is 3.38. The van der Waals surface area contributed by atoms with E-state index in [1.165, 1.54) is 25.7 Å². The number of hydrogen-bond acceptors (Lipinski definition) is 1. The highest BCUT2D eigenvalue weighted by Gasteiger charge is 2.09. The maximum absolute atomic E-state index is 5.91. The lowest BCUT2D eigenvalue weighted by Gasteiger charge is -2.17. The minimum atomic E-state index is 0.435. The molecule has 0 rings (SSSR count). The average molecular weight is 143 g/mol. The summed E-state index contributed by atoms with van der Waals surface area (Å²) >= 11 is 0. The van der Waals surface area contributed by atoms with Crippen molar-refractivity contribution in [3.63, 3.8) is 0 Å². The van der Waals surface area contributed by atoms with Gasteiger partial charge in [0.25, 0.3) is 0 Å². The molecule has 0 aromatic carbocycles. The Bertz CT molecular complexity index is 61.1. The van der Waals surface area contributed by atoms with Crippen molar-refractivity contribution < 1.29 is 0 Å². The van der Waals surface area contributed by atoms with Gasteiger partial charge >= 0.3 is 0 Å². The maximum atomic E-state index is 5.91. The van der Waals surface area contributed by atoms with E-state index in [9.17, 15) is 0 Å². The van der Waals surface area contributed by atoms with Crippen molar-refractivity contribution in [3.8, 4) is 0 Å². The van der Waals surface area contributed by atoms with E-state index in [4.69, 9.17) is 5.73 Å². The zero-order valence-electron chi connectivity index (χ0n) is 7.56. The van der Waals surface area contributed by atoms with E-state index in [0.717, 1.165) is 0 Å². The molecule has 0 saturated heterocycles. The molecule has 0 heterocycles. The Kier molecular flexibility index (Phi) is 5.70. The fourth-order valence-corrected chi connectivity index (χ4v) is 1.29. The molecule has 2 unspecified atom stereocenters. The minimum Gasteiger partial charge on any atom is -0.327 e. The molecule has 10 heavy (non-hydrogen) atoms. The van der Waals surface area contributed by atoms with E-state index in [1.807, 2.05) is 0 Å². The molecule has 0 amide bonds. The zero-order chi connectivity index (χ0) is 7.98. The molecular weight excluding hydrogens is 122 g/mol. The summed E-state index contributed by atoms with van der Waals surface area (Å²) in [6, 6.07) is 0.435. The summed E-state index contributed by atoms with van der Waals surface area (Å²) in [7, 11) is 0. The van der Waals surface area contributed by atoms with Crippen LogP contribution in [0.1, 0.15) is 46.5 Å². The van der Waals surface area contributed by atoms with Crippen LogP contribution in [0.2, 0.25) is 0 Å². The summed E-state index contributed by atoms with van der Waals surface area (Å²) in [5, 5.41) is 0. The van der Waals surface area contributed by atoms with E-state index in [-0.39, 0.29) is 0 Å². The zero-order valence-corrected chi connectivity index (χ0v) is 7.56. The van der Waals surface area contributed by atoms with Crippen LogP contribution in [-0.2, 0) is 0 Å². The Labute approximate surface area is 65.0 Å². The van der Waals surface area contributed by atoms with Crippen LogP contribution in [0.4, 0.5) is 0 Å². The summed E-state index contributed by atoms with van der Waals surface area (Å²) in [5.74, 6) is 0.713. The molecule has 0 bridgehead atoms. The topological polar surface area (TPSA) is 26.0 Å². The molecule has 62 valence electrons. The smallest absolute Gasteiger partial charge is 0.00644 e. The van der Waals surface area contributed by atoms with Crippen LogP contribution in [0.25, 0.3) is 0 Å². The molecule has 0 aliphatic carbocycles. The van der Waals surface area contributed by atoms with Gasteiger partial charge in [-0.05, 0) is 18.8 Å². The molecule has 0 aromatic rings. The van der Waals surface area contributed by atoms with Gasteiger partial charge in [-0.15, -0.1) is 0 Å². The van der Waals surface area contributed by atoms with Crippen molar-refractivity contribution in [2.24, 2.45) is 11.7 Å². The van der Waals surface area contributed by atoms with Crippen molar-refractivity contribution >= 4 is 0 Å². The van der Waals surface area contributed by atoms with Crippen LogP contribution in [-0.4, -0.2) is 6.04 Å². The first-order valence-electron chi connectivity index (χ1n) is 4.47. The van der Waals surface area contributed by atoms with Crippen LogP contribution in [0.15, 0.2) is 0 Å². The van der Waals surface area contributed by atoms with Gasteiger partial charge in [0.1, 0.15) is 0 Å². The Morgan fingerprint density at radius 1 is 1.10 bits per heavy atom. The normalized spacial score (nSPS) is 16.8. The third-order valence-electron chi connectivity index (χ3n) is 2.10. The van der Waals surface area contributed by atoms with Crippen molar-refractivity contribution in [3.05, 3.63) is 0 Å². The predicted octanol–water partition coefficient (Wildman–Crippen LogP) is 2.55. The lowest BCUT2D eigenvalue weighted by Crippen LogP contribution is -2.27. The largest absolute Gasteiger partial charge is 0.327 e. The molecule has 0 saturated carbocycles. The molecule has 0 radical (unpaired) electrons. The molecular formula is C9H21N. The van der Waals surface area contributed by atoms with Crippen molar-refractivity contribution in [2.75, 3.05) is 0 Å². The number of hydrogen-bond donors (Lipinski definition) is 1. The van der Waals surface area contributed by atoms with Crippen LogP contribution < -0.4 is 5.73 Å². The van der Waals surface area contributed by atoms with E-state index >= 15 is 0 Å². The van der Waals surface area contributed by atoms with Crippen molar-refractivity contribution in [2.45, 2.75) is 52.5 Å². The molecule has 0 spiro atoms. The standard InChI is InChI=1S/C9H21N/c1-4-6-8(3)9(10)7-5-2/h8-9H,4-7,10H2,1-3H3.